The molecule has 0 aromatic rings. The maximum Gasteiger partial charge on any atom is 0.259 e. The van der Waals surface area contributed by atoms with Gasteiger partial charge in [-0.05, 0) is 44.4 Å². The number of rotatable bonds is 3. The number of nitrogens with zero attached hydrogens (tertiary/aromatic N) is 2. The quantitative estimate of drug-likeness (QED) is 0.804. The molecule has 0 aromatic carbocycles. The maximum atomic E-state index is 11.9. The van der Waals surface area contributed by atoms with Crippen molar-refractivity contribution in [3.63, 3.8) is 0 Å². The molecule has 0 bridgehead atoms. The van der Waals surface area contributed by atoms with E-state index < -0.39 is 0 Å². The van der Waals surface area contributed by atoms with E-state index in [-0.39, 0.29) is 18.4 Å². The van der Waals surface area contributed by atoms with Gasteiger partial charge in [0.15, 0.2) is 0 Å². The second-order valence-corrected chi connectivity index (χ2v) is 6.04. The van der Waals surface area contributed by atoms with Gasteiger partial charge in [-0.1, -0.05) is 13.3 Å². The molecule has 1 heterocycles. The van der Waals surface area contributed by atoms with E-state index in [0.29, 0.717) is 18.9 Å². The Balaban J connectivity index is 1.79. The van der Waals surface area contributed by atoms with E-state index in [1.165, 1.54) is 6.42 Å². The highest BCUT2D eigenvalue weighted by Gasteiger charge is 2.19. The van der Waals surface area contributed by atoms with E-state index in [0.717, 1.165) is 44.2 Å². The topological polar surface area (TPSA) is 61.8 Å². The van der Waals surface area contributed by atoms with E-state index in [1.54, 1.807) is 4.90 Å². The smallest absolute Gasteiger partial charge is 0.259 e. The number of carbonyl (C=O) groups is 2. The van der Waals surface area contributed by atoms with Crippen LogP contribution in [0, 0.1) is 5.92 Å². The number of likely N-dealkylation sites (tertiary alicyclic amines) is 1. The standard InChI is InChI=1S/C15H25N3O2/c1-12-6-5-7-13(10-12)16-17-14(19)11-18-9-4-2-3-8-15(18)20/h12H,2-11H2,1H3,(H,17,19)/b16-13-/t12-/m0/s1. The van der Waals surface area contributed by atoms with Crippen LogP contribution in [-0.4, -0.2) is 35.5 Å². The van der Waals surface area contributed by atoms with Gasteiger partial charge in [0.2, 0.25) is 5.91 Å². The fourth-order valence-corrected chi connectivity index (χ4v) is 2.92. The molecular formula is C15H25N3O2. The Hall–Kier alpha value is -1.39. The molecule has 2 rings (SSSR count). The monoisotopic (exact) mass is 279 g/mol. The van der Waals surface area contributed by atoms with Gasteiger partial charge in [0.25, 0.3) is 5.91 Å². The number of nitrogens with one attached hydrogen (secondary N) is 1. The molecule has 2 fully saturated rings. The summed E-state index contributed by atoms with van der Waals surface area (Å²) in [4.78, 5) is 25.3. The first-order valence-electron chi connectivity index (χ1n) is 7.77. The molecule has 2 amide bonds. The van der Waals surface area contributed by atoms with Gasteiger partial charge < -0.3 is 4.90 Å². The van der Waals surface area contributed by atoms with Crippen LogP contribution in [0.4, 0.5) is 0 Å². The molecule has 1 saturated carbocycles. The molecule has 2 aliphatic rings. The van der Waals surface area contributed by atoms with Crippen LogP contribution in [0.3, 0.4) is 0 Å². The SMILES string of the molecule is C[C@H]1CCC/C(=N/NC(=O)CN2CCCCCC2=O)C1. The average molecular weight is 279 g/mol. The summed E-state index contributed by atoms with van der Waals surface area (Å²) in [5.41, 5.74) is 3.70. The fourth-order valence-electron chi connectivity index (χ4n) is 2.92. The Morgan fingerprint density at radius 2 is 2.15 bits per heavy atom. The van der Waals surface area contributed by atoms with E-state index >= 15 is 0 Å². The molecule has 112 valence electrons. The zero-order valence-electron chi connectivity index (χ0n) is 12.4. The maximum absolute atomic E-state index is 11.9. The van der Waals surface area contributed by atoms with Crippen molar-refractivity contribution in [2.24, 2.45) is 11.0 Å². The van der Waals surface area contributed by atoms with Crippen molar-refractivity contribution < 1.29 is 9.59 Å². The Morgan fingerprint density at radius 3 is 2.95 bits per heavy atom. The Morgan fingerprint density at radius 1 is 1.30 bits per heavy atom. The lowest BCUT2D eigenvalue weighted by molar-refractivity contribution is -0.135. The predicted molar refractivity (Wildman–Crippen MR) is 78.3 cm³/mol. The minimum absolute atomic E-state index is 0.0941. The van der Waals surface area contributed by atoms with Crippen molar-refractivity contribution in [1.29, 1.82) is 0 Å². The zero-order chi connectivity index (χ0) is 14.4. The van der Waals surface area contributed by atoms with E-state index in [1.807, 2.05) is 0 Å². The number of hydrogen-bond donors (Lipinski definition) is 1. The molecule has 1 aliphatic heterocycles. The van der Waals surface area contributed by atoms with Crippen LogP contribution < -0.4 is 5.43 Å². The van der Waals surface area contributed by atoms with Gasteiger partial charge >= 0.3 is 0 Å². The second kappa shape index (κ2) is 7.41. The molecule has 0 unspecified atom stereocenters. The third kappa shape index (κ3) is 4.62. The Bertz CT molecular complexity index is 393. The fraction of sp³-hybridized carbons (Fsp3) is 0.800. The molecular weight excluding hydrogens is 254 g/mol. The zero-order valence-corrected chi connectivity index (χ0v) is 12.4. The van der Waals surface area contributed by atoms with Crippen LogP contribution in [0.15, 0.2) is 5.10 Å². The van der Waals surface area contributed by atoms with Gasteiger partial charge in [0, 0.05) is 18.7 Å². The minimum Gasteiger partial charge on any atom is -0.333 e. The highest BCUT2D eigenvalue weighted by atomic mass is 16.2. The molecule has 1 aliphatic carbocycles. The van der Waals surface area contributed by atoms with Gasteiger partial charge in [-0.2, -0.15) is 5.10 Å². The van der Waals surface area contributed by atoms with Gasteiger partial charge in [-0.3, -0.25) is 9.59 Å². The van der Waals surface area contributed by atoms with Gasteiger partial charge in [0.1, 0.15) is 6.54 Å². The summed E-state index contributed by atoms with van der Waals surface area (Å²) in [7, 11) is 0. The molecule has 5 heteroatoms. The van der Waals surface area contributed by atoms with Crippen molar-refractivity contribution in [2.75, 3.05) is 13.1 Å². The first kappa shape index (κ1) is 15.0. The first-order valence-corrected chi connectivity index (χ1v) is 7.77. The molecule has 20 heavy (non-hydrogen) atoms. The van der Waals surface area contributed by atoms with Crippen LogP contribution in [0.25, 0.3) is 0 Å². The lowest BCUT2D eigenvalue weighted by atomic mass is 9.89. The lowest BCUT2D eigenvalue weighted by Gasteiger charge is -2.20. The summed E-state index contributed by atoms with van der Waals surface area (Å²) in [6.45, 7) is 3.05. The number of hydrogen-bond acceptors (Lipinski definition) is 3. The van der Waals surface area contributed by atoms with E-state index in [4.69, 9.17) is 0 Å². The molecule has 1 atom stereocenters. The summed E-state index contributed by atoms with van der Waals surface area (Å²) in [6.07, 6.45) is 7.93. The van der Waals surface area contributed by atoms with Crippen LogP contribution in [-0.2, 0) is 9.59 Å². The third-order valence-corrected chi connectivity index (χ3v) is 4.09. The van der Waals surface area contributed by atoms with Gasteiger partial charge in [0.05, 0.1) is 0 Å². The molecule has 1 saturated heterocycles. The third-order valence-electron chi connectivity index (χ3n) is 4.09. The van der Waals surface area contributed by atoms with Crippen LogP contribution in [0.1, 0.15) is 58.3 Å². The highest BCUT2D eigenvalue weighted by molar-refractivity contribution is 5.88. The average Bonchev–Trinajstić information content (AvgIpc) is 2.62. The van der Waals surface area contributed by atoms with Crippen molar-refractivity contribution in [2.45, 2.75) is 58.3 Å². The molecule has 0 radical (unpaired) electrons. The van der Waals surface area contributed by atoms with Crippen molar-refractivity contribution >= 4 is 17.5 Å². The van der Waals surface area contributed by atoms with Crippen LogP contribution >= 0.6 is 0 Å². The minimum atomic E-state index is -0.175. The number of amides is 2. The van der Waals surface area contributed by atoms with Crippen molar-refractivity contribution in [3.8, 4) is 0 Å². The van der Waals surface area contributed by atoms with Crippen LogP contribution in [0.5, 0.6) is 0 Å². The Kier molecular flexibility index (Phi) is 5.56. The van der Waals surface area contributed by atoms with Crippen molar-refractivity contribution in [3.05, 3.63) is 0 Å². The number of hydrazone groups is 1. The summed E-state index contributed by atoms with van der Waals surface area (Å²) >= 11 is 0. The van der Waals surface area contributed by atoms with E-state index in [2.05, 4.69) is 17.5 Å². The highest BCUT2D eigenvalue weighted by Crippen LogP contribution is 2.20. The largest absolute Gasteiger partial charge is 0.333 e. The molecule has 0 spiro atoms. The lowest BCUT2D eigenvalue weighted by Crippen LogP contribution is -2.39. The summed E-state index contributed by atoms with van der Waals surface area (Å²) in [5.74, 6) is 0.578. The normalized spacial score (nSPS) is 26.4. The molecule has 1 N–H and O–H groups in total. The first-order chi connectivity index (χ1) is 9.65. The van der Waals surface area contributed by atoms with E-state index in [9.17, 15) is 9.59 Å². The predicted octanol–water partition coefficient (Wildman–Crippen LogP) is 2.07. The van der Waals surface area contributed by atoms with Gasteiger partial charge in [-0.15, -0.1) is 0 Å². The van der Waals surface area contributed by atoms with Gasteiger partial charge in [-0.25, -0.2) is 5.43 Å². The second-order valence-electron chi connectivity index (χ2n) is 6.04. The summed E-state index contributed by atoms with van der Waals surface area (Å²) < 4.78 is 0. The molecule has 5 nitrogen and oxygen atoms in total. The summed E-state index contributed by atoms with van der Waals surface area (Å²) in [5, 5.41) is 4.23. The Labute approximate surface area is 120 Å². The summed E-state index contributed by atoms with van der Waals surface area (Å²) in [6, 6.07) is 0. The number of carbonyl (C=O) groups excluding carboxylic acids is 2. The van der Waals surface area contributed by atoms with Crippen molar-refractivity contribution in [1.82, 2.24) is 10.3 Å². The van der Waals surface area contributed by atoms with Crippen LogP contribution in [0.2, 0.25) is 0 Å². The molecule has 0 aromatic heterocycles.